The topological polar surface area (TPSA) is 227 Å². The van der Waals surface area contributed by atoms with Gasteiger partial charge in [0.2, 0.25) is 0 Å². The summed E-state index contributed by atoms with van der Waals surface area (Å²) in [5.41, 5.74) is -1.14. The average molecular weight is 468 g/mol. The van der Waals surface area contributed by atoms with Gasteiger partial charge in [-0.2, -0.15) is 0 Å². The van der Waals surface area contributed by atoms with Gasteiger partial charge in [-0.1, -0.05) is 13.8 Å². The van der Waals surface area contributed by atoms with Crippen LogP contribution in [0.5, 0.6) is 0 Å². The minimum atomic E-state index is -2.47. The van der Waals surface area contributed by atoms with Gasteiger partial charge in [0.15, 0.2) is 0 Å². The molecule has 0 fully saturated rings. The van der Waals surface area contributed by atoms with E-state index < -0.39 is 66.6 Å². The zero-order valence-electron chi connectivity index (χ0n) is 17.4. The van der Waals surface area contributed by atoms with Crippen LogP contribution >= 0.6 is 0 Å². The van der Waals surface area contributed by atoms with E-state index in [1.165, 1.54) is 0 Å². The highest BCUT2D eigenvalue weighted by Gasteiger charge is 2.38. The summed E-state index contributed by atoms with van der Waals surface area (Å²) in [5.74, 6) is -5.11. The number of hydrogen-bond acceptors (Lipinski definition) is 14. The van der Waals surface area contributed by atoms with Gasteiger partial charge in [0.25, 0.3) is 0 Å². The summed E-state index contributed by atoms with van der Waals surface area (Å²) in [4.78, 5) is 63.2. The quantitative estimate of drug-likeness (QED) is 0.0974. The smallest absolute Gasteiger partial charge is 0.385 e. The third kappa shape index (κ3) is 10.1. The van der Waals surface area contributed by atoms with Crippen LogP contribution in [0.4, 0.5) is 0 Å². The van der Waals surface area contributed by atoms with Crippen molar-refractivity contribution in [1.82, 2.24) is 0 Å². The third-order valence-corrected chi connectivity index (χ3v) is 3.77. The zero-order valence-corrected chi connectivity index (χ0v) is 17.4. The van der Waals surface area contributed by atoms with E-state index in [2.05, 4.69) is 19.6 Å². The van der Waals surface area contributed by atoms with E-state index in [1.807, 2.05) is 0 Å². The van der Waals surface area contributed by atoms with Crippen molar-refractivity contribution in [2.24, 2.45) is 0 Å². The van der Waals surface area contributed by atoms with Crippen molar-refractivity contribution in [3.8, 4) is 0 Å². The molecule has 0 aromatic carbocycles. The van der Waals surface area contributed by atoms with Gasteiger partial charge in [-0.25, -0.2) is 38.7 Å². The molecule has 0 radical (unpaired) electrons. The summed E-state index contributed by atoms with van der Waals surface area (Å²) >= 11 is 0. The maximum atomic E-state index is 12.2. The van der Waals surface area contributed by atoms with Crippen molar-refractivity contribution in [2.75, 3.05) is 6.61 Å². The highest BCUT2D eigenvalue weighted by molar-refractivity contribution is 5.97. The molecule has 0 bridgehead atoms. The summed E-state index contributed by atoms with van der Waals surface area (Å²) in [7, 11) is 0. The first-order chi connectivity index (χ1) is 15.0. The molecule has 0 aromatic heterocycles. The molecule has 6 N–H and O–H groups in total. The molecule has 14 heteroatoms. The molecule has 1 unspecified atom stereocenters. The predicted octanol–water partition coefficient (Wildman–Crippen LogP) is -2.69. The molecule has 0 rings (SSSR count). The molecular weight excluding hydrogens is 440 g/mol. The van der Waals surface area contributed by atoms with Gasteiger partial charge >= 0.3 is 23.9 Å². The first-order valence-electron chi connectivity index (χ1n) is 9.55. The van der Waals surface area contributed by atoms with Crippen LogP contribution < -0.4 is 0 Å². The Bertz CT molecular complexity index is 660. The van der Waals surface area contributed by atoms with Crippen molar-refractivity contribution in [2.45, 2.75) is 70.1 Å². The van der Waals surface area contributed by atoms with E-state index in [1.54, 1.807) is 13.8 Å². The Kier molecular flexibility index (Phi) is 14.0. The van der Waals surface area contributed by atoms with Crippen LogP contribution in [-0.4, -0.2) is 91.6 Å². The second-order valence-electron chi connectivity index (χ2n) is 6.45. The van der Waals surface area contributed by atoms with Gasteiger partial charge in [-0.3, -0.25) is 0 Å². The molecule has 32 heavy (non-hydrogen) atoms. The fraction of sp³-hybridized carbons (Fsp3) is 0.667. The highest BCUT2D eigenvalue weighted by atomic mass is 17.2. The molecule has 0 saturated carbocycles. The molecule has 0 aliphatic rings. The van der Waals surface area contributed by atoms with Gasteiger partial charge in [-0.05, 0) is 12.8 Å². The Labute approximate surface area is 182 Å². The Morgan fingerprint density at radius 1 is 0.750 bits per heavy atom. The maximum absolute atomic E-state index is 12.2. The van der Waals surface area contributed by atoms with E-state index in [9.17, 15) is 44.7 Å². The summed E-state index contributed by atoms with van der Waals surface area (Å²) in [5, 5.41) is 57.9. The van der Waals surface area contributed by atoms with E-state index in [-0.39, 0.29) is 18.9 Å². The third-order valence-electron chi connectivity index (χ3n) is 3.77. The molecule has 5 atom stereocenters. The fourth-order valence-electron chi connectivity index (χ4n) is 2.04. The van der Waals surface area contributed by atoms with Gasteiger partial charge in [0.05, 0.1) is 12.2 Å². The fourth-order valence-corrected chi connectivity index (χ4v) is 2.04. The first kappa shape index (κ1) is 29.4. The number of hydrogen-bond donors (Lipinski definition) is 6. The lowest BCUT2D eigenvalue weighted by atomic mass is 9.95. The van der Waals surface area contributed by atoms with Crippen LogP contribution in [0.25, 0.3) is 0 Å². The molecule has 0 aliphatic carbocycles. The molecule has 0 saturated heterocycles. The minimum Gasteiger partial charge on any atom is -0.394 e. The van der Waals surface area contributed by atoms with Crippen molar-refractivity contribution in [3.05, 3.63) is 11.6 Å². The molecule has 0 aromatic rings. The monoisotopic (exact) mass is 468 g/mol. The van der Waals surface area contributed by atoms with Gasteiger partial charge < -0.3 is 30.6 Å². The van der Waals surface area contributed by atoms with Gasteiger partial charge in [-0.15, -0.1) is 0 Å². The van der Waals surface area contributed by atoms with E-state index in [0.29, 0.717) is 12.8 Å². The highest BCUT2D eigenvalue weighted by Crippen LogP contribution is 2.16. The number of aliphatic hydroxyl groups is 6. The SMILES string of the molecule is CCCC(=O)OOC(=O)/C=C(/C(=O)OOC(=O)CCC)C(O)[C@@H](O)[C@@H](O)[C@H](O)[C@H](O)CO. The second kappa shape index (κ2) is 15.2. The van der Waals surface area contributed by atoms with E-state index in [4.69, 9.17) is 5.11 Å². The van der Waals surface area contributed by atoms with E-state index >= 15 is 0 Å². The average Bonchev–Trinajstić information content (AvgIpc) is 2.77. The number of rotatable bonds is 12. The van der Waals surface area contributed by atoms with Crippen LogP contribution in [-0.2, 0) is 38.7 Å². The Balaban J connectivity index is 5.58. The van der Waals surface area contributed by atoms with Crippen molar-refractivity contribution < 1.29 is 69.4 Å². The number of carbonyl (C=O) groups is 4. The van der Waals surface area contributed by atoms with Crippen LogP contribution in [0, 0.1) is 0 Å². The molecule has 184 valence electrons. The summed E-state index contributed by atoms with van der Waals surface area (Å²) < 4.78 is 0. The van der Waals surface area contributed by atoms with Crippen LogP contribution in [0.1, 0.15) is 39.5 Å². The van der Waals surface area contributed by atoms with Crippen molar-refractivity contribution >= 4 is 23.9 Å². The van der Waals surface area contributed by atoms with Gasteiger partial charge in [0.1, 0.15) is 30.5 Å². The van der Waals surface area contributed by atoms with Crippen LogP contribution in [0.3, 0.4) is 0 Å². The first-order valence-corrected chi connectivity index (χ1v) is 9.55. The van der Waals surface area contributed by atoms with Gasteiger partial charge in [0, 0.05) is 18.9 Å². The predicted molar refractivity (Wildman–Crippen MR) is 99.4 cm³/mol. The summed E-state index contributed by atoms with van der Waals surface area (Å²) in [6, 6.07) is 0. The number of aliphatic hydroxyl groups excluding tert-OH is 6. The minimum absolute atomic E-state index is 0.0993. The standard InChI is InChI=1S/C18H28O14/c1-3-5-11(21)29-31-13(23)7-9(18(28)32-30-12(22)6-4-2)14(24)16(26)17(27)15(25)10(20)8-19/h7,10,14-17,19-20,24-27H,3-6,8H2,1-2H3/b9-7+/t10-,14?,15-,16-,17+/m1/s1. The lowest BCUT2D eigenvalue weighted by molar-refractivity contribution is -0.258. The van der Waals surface area contributed by atoms with Crippen LogP contribution in [0.2, 0.25) is 0 Å². The number of carbonyl (C=O) groups excluding carboxylic acids is 4. The lowest BCUT2D eigenvalue weighted by Gasteiger charge is -2.28. The zero-order chi connectivity index (χ0) is 24.8. The molecule has 0 aliphatic heterocycles. The summed E-state index contributed by atoms with van der Waals surface area (Å²) in [6.45, 7) is 2.24. The van der Waals surface area contributed by atoms with Crippen molar-refractivity contribution in [3.63, 3.8) is 0 Å². The Hall–Kier alpha value is -2.62. The maximum Gasteiger partial charge on any atom is 0.385 e. The lowest BCUT2D eigenvalue weighted by Crippen LogP contribution is -2.51. The molecular formula is C18H28O14. The van der Waals surface area contributed by atoms with E-state index in [0.717, 1.165) is 0 Å². The normalized spacial score (nSPS) is 16.2. The Morgan fingerprint density at radius 3 is 1.72 bits per heavy atom. The van der Waals surface area contributed by atoms with Crippen molar-refractivity contribution in [1.29, 1.82) is 0 Å². The second-order valence-corrected chi connectivity index (χ2v) is 6.45. The summed E-state index contributed by atoms with van der Waals surface area (Å²) in [6.07, 6.45) is -10.6. The molecule has 14 nitrogen and oxygen atoms in total. The molecule has 0 spiro atoms. The Morgan fingerprint density at radius 2 is 1.25 bits per heavy atom. The van der Waals surface area contributed by atoms with Crippen LogP contribution in [0.15, 0.2) is 11.6 Å². The molecule has 0 heterocycles. The largest absolute Gasteiger partial charge is 0.394 e. The molecule has 0 amide bonds.